The van der Waals surface area contributed by atoms with E-state index < -0.39 is 30.1 Å². The zero-order valence-corrected chi connectivity index (χ0v) is 12.4. The Morgan fingerprint density at radius 1 is 1.04 bits per heavy atom. The molecule has 8 nitrogen and oxygen atoms in total. The molecule has 3 N–H and O–H groups in total. The molecule has 0 aliphatic carbocycles. The van der Waals surface area contributed by atoms with Crippen LogP contribution in [0.1, 0.15) is 5.76 Å². The molecular weight excluding hydrogens is 321 g/mol. The van der Waals surface area contributed by atoms with Gasteiger partial charge < -0.3 is 14.5 Å². The van der Waals surface area contributed by atoms with Gasteiger partial charge in [0.1, 0.15) is 17.3 Å². The standard InChI is InChI=1S/C15H14FN3O5/c16-10-3-5-11(6-4-10)24-9-13(20)18-19-15(22)14(21)17-8-12-2-1-7-23-12/h1-7H,8-9H2,(H,17,21)(H,18,20)(H,19,22). The average Bonchev–Trinajstić information content (AvgIpc) is 3.10. The van der Waals surface area contributed by atoms with E-state index in [4.69, 9.17) is 9.15 Å². The van der Waals surface area contributed by atoms with E-state index in [0.29, 0.717) is 5.76 Å². The molecule has 2 aromatic rings. The van der Waals surface area contributed by atoms with E-state index in [1.54, 1.807) is 12.1 Å². The van der Waals surface area contributed by atoms with Crippen LogP contribution in [-0.2, 0) is 20.9 Å². The monoisotopic (exact) mass is 335 g/mol. The Morgan fingerprint density at radius 3 is 2.46 bits per heavy atom. The first-order chi connectivity index (χ1) is 11.5. The Morgan fingerprint density at radius 2 is 1.79 bits per heavy atom. The second kappa shape index (κ2) is 8.32. The van der Waals surface area contributed by atoms with Crippen LogP contribution in [-0.4, -0.2) is 24.3 Å². The lowest BCUT2D eigenvalue weighted by atomic mass is 10.3. The third kappa shape index (κ3) is 5.44. The van der Waals surface area contributed by atoms with Crippen LogP contribution in [0.4, 0.5) is 4.39 Å². The van der Waals surface area contributed by atoms with Crippen LogP contribution in [0.2, 0.25) is 0 Å². The minimum Gasteiger partial charge on any atom is -0.484 e. The number of halogens is 1. The molecule has 1 heterocycles. The number of furan rings is 1. The number of hydrazine groups is 1. The van der Waals surface area contributed by atoms with Gasteiger partial charge >= 0.3 is 11.8 Å². The van der Waals surface area contributed by atoms with Crippen molar-refractivity contribution in [3.05, 3.63) is 54.2 Å². The number of rotatable bonds is 5. The molecule has 126 valence electrons. The highest BCUT2D eigenvalue weighted by Crippen LogP contribution is 2.10. The van der Waals surface area contributed by atoms with E-state index in [1.165, 1.54) is 30.5 Å². The Hall–Kier alpha value is -3.36. The summed E-state index contributed by atoms with van der Waals surface area (Å²) in [5.74, 6) is -2.34. The zero-order chi connectivity index (χ0) is 17.4. The zero-order valence-electron chi connectivity index (χ0n) is 12.4. The summed E-state index contributed by atoms with van der Waals surface area (Å²) in [4.78, 5) is 34.4. The van der Waals surface area contributed by atoms with Gasteiger partial charge in [-0.15, -0.1) is 0 Å². The van der Waals surface area contributed by atoms with Crippen molar-refractivity contribution >= 4 is 17.7 Å². The maximum Gasteiger partial charge on any atom is 0.327 e. The van der Waals surface area contributed by atoms with Crippen LogP contribution in [0.5, 0.6) is 5.75 Å². The molecule has 1 aromatic heterocycles. The lowest BCUT2D eigenvalue weighted by molar-refractivity contribution is -0.141. The number of hydrogen-bond acceptors (Lipinski definition) is 5. The summed E-state index contributed by atoms with van der Waals surface area (Å²) in [5, 5.41) is 2.31. The van der Waals surface area contributed by atoms with Gasteiger partial charge in [-0.1, -0.05) is 0 Å². The number of ether oxygens (including phenoxy) is 1. The molecule has 0 saturated carbocycles. The summed E-state index contributed by atoms with van der Waals surface area (Å²) < 4.78 is 22.8. The minimum atomic E-state index is -1.04. The molecule has 0 fully saturated rings. The third-order valence-electron chi connectivity index (χ3n) is 2.71. The van der Waals surface area contributed by atoms with Crippen LogP contribution in [0.25, 0.3) is 0 Å². The molecule has 0 bridgehead atoms. The highest BCUT2D eigenvalue weighted by Gasteiger charge is 2.14. The second-order valence-corrected chi connectivity index (χ2v) is 4.51. The highest BCUT2D eigenvalue weighted by atomic mass is 19.1. The van der Waals surface area contributed by atoms with Crippen molar-refractivity contribution in [3.8, 4) is 5.75 Å². The van der Waals surface area contributed by atoms with Crippen molar-refractivity contribution in [2.45, 2.75) is 6.54 Å². The number of nitrogens with one attached hydrogen (secondary N) is 3. The van der Waals surface area contributed by atoms with Gasteiger partial charge in [-0.3, -0.25) is 25.2 Å². The molecule has 1 aromatic carbocycles. The van der Waals surface area contributed by atoms with Crippen molar-refractivity contribution in [2.24, 2.45) is 0 Å². The van der Waals surface area contributed by atoms with E-state index >= 15 is 0 Å². The molecule has 9 heteroatoms. The molecule has 3 amide bonds. The van der Waals surface area contributed by atoms with E-state index in [2.05, 4.69) is 5.32 Å². The molecule has 0 radical (unpaired) electrons. The Labute approximate surface area is 135 Å². The van der Waals surface area contributed by atoms with Gasteiger partial charge in [0, 0.05) is 0 Å². The summed E-state index contributed by atoms with van der Waals surface area (Å²) in [6.07, 6.45) is 1.43. The summed E-state index contributed by atoms with van der Waals surface area (Å²) in [6, 6.07) is 8.33. The van der Waals surface area contributed by atoms with E-state index in [9.17, 15) is 18.8 Å². The molecule has 0 saturated heterocycles. The van der Waals surface area contributed by atoms with Crippen LogP contribution in [0, 0.1) is 5.82 Å². The van der Waals surface area contributed by atoms with Gasteiger partial charge in [0.05, 0.1) is 12.8 Å². The number of hydrogen-bond donors (Lipinski definition) is 3. The topological polar surface area (TPSA) is 110 Å². The number of carbonyl (C=O) groups is 3. The SMILES string of the molecule is O=C(COc1ccc(F)cc1)NNC(=O)C(=O)NCc1ccco1. The first kappa shape index (κ1) is 17.0. The van der Waals surface area contributed by atoms with Gasteiger partial charge in [-0.2, -0.15) is 0 Å². The van der Waals surface area contributed by atoms with E-state index in [-0.39, 0.29) is 12.3 Å². The number of amides is 3. The summed E-state index contributed by atoms with van der Waals surface area (Å²) in [6.45, 7) is -0.374. The minimum absolute atomic E-state index is 0.0425. The first-order valence-corrected chi connectivity index (χ1v) is 6.82. The van der Waals surface area contributed by atoms with Gasteiger partial charge in [-0.25, -0.2) is 4.39 Å². The van der Waals surface area contributed by atoms with Crippen molar-refractivity contribution in [3.63, 3.8) is 0 Å². The predicted octanol–water partition coefficient (Wildman–Crippen LogP) is 0.261. The molecular formula is C15H14FN3O5. The predicted molar refractivity (Wildman–Crippen MR) is 78.7 cm³/mol. The number of benzene rings is 1. The summed E-state index contributed by atoms with van der Waals surface area (Å²) in [5.41, 5.74) is 3.95. The fourth-order valence-corrected chi connectivity index (χ4v) is 1.56. The Bertz CT molecular complexity index is 700. The quantitative estimate of drug-likeness (QED) is 0.536. The normalized spacial score (nSPS) is 9.88. The Kier molecular flexibility index (Phi) is 5.89. The molecule has 0 unspecified atom stereocenters. The smallest absolute Gasteiger partial charge is 0.327 e. The molecule has 0 atom stereocenters. The van der Waals surface area contributed by atoms with Crippen LogP contribution < -0.4 is 20.9 Å². The van der Waals surface area contributed by atoms with E-state index in [0.717, 1.165) is 0 Å². The van der Waals surface area contributed by atoms with Crippen molar-refractivity contribution in [2.75, 3.05) is 6.61 Å². The van der Waals surface area contributed by atoms with Crippen LogP contribution in [0.15, 0.2) is 47.1 Å². The first-order valence-electron chi connectivity index (χ1n) is 6.82. The maximum absolute atomic E-state index is 12.7. The summed E-state index contributed by atoms with van der Waals surface area (Å²) in [7, 11) is 0. The third-order valence-corrected chi connectivity index (χ3v) is 2.71. The number of carbonyl (C=O) groups excluding carboxylic acids is 3. The van der Waals surface area contributed by atoms with E-state index in [1.807, 2.05) is 10.9 Å². The highest BCUT2D eigenvalue weighted by molar-refractivity contribution is 6.35. The van der Waals surface area contributed by atoms with Gasteiger partial charge in [0.2, 0.25) is 0 Å². The largest absolute Gasteiger partial charge is 0.484 e. The molecule has 2 rings (SSSR count). The van der Waals surface area contributed by atoms with Crippen molar-refractivity contribution in [1.29, 1.82) is 0 Å². The average molecular weight is 335 g/mol. The van der Waals surface area contributed by atoms with Crippen LogP contribution >= 0.6 is 0 Å². The Balaban J connectivity index is 1.65. The molecule has 0 spiro atoms. The van der Waals surface area contributed by atoms with Gasteiger partial charge in [-0.05, 0) is 36.4 Å². The van der Waals surface area contributed by atoms with Crippen molar-refractivity contribution in [1.82, 2.24) is 16.2 Å². The second-order valence-electron chi connectivity index (χ2n) is 4.51. The molecule has 0 aliphatic heterocycles. The van der Waals surface area contributed by atoms with Crippen molar-refractivity contribution < 1.29 is 27.9 Å². The van der Waals surface area contributed by atoms with Gasteiger partial charge in [0.25, 0.3) is 5.91 Å². The molecule has 24 heavy (non-hydrogen) atoms. The summed E-state index contributed by atoms with van der Waals surface area (Å²) >= 11 is 0. The lowest BCUT2D eigenvalue weighted by Gasteiger charge is -2.08. The molecule has 0 aliphatic rings. The lowest BCUT2D eigenvalue weighted by Crippen LogP contribution is -2.49. The fourth-order valence-electron chi connectivity index (χ4n) is 1.56. The van der Waals surface area contributed by atoms with Crippen LogP contribution in [0.3, 0.4) is 0 Å². The van der Waals surface area contributed by atoms with Gasteiger partial charge in [0.15, 0.2) is 6.61 Å². The fraction of sp³-hybridized carbons (Fsp3) is 0.133. The maximum atomic E-state index is 12.7.